The molecular formula is C21H15Cl2NO. The largest absolute Gasteiger partial charge is 0.323 e. The lowest BCUT2D eigenvalue weighted by atomic mass is 9.98. The minimum absolute atomic E-state index is 0.0236. The first kappa shape index (κ1) is 16.2. The van der Waals surface area contributed by atoms with Gasteiger partial charge in [0.05, 0.1) is 6.04 Å². The zero-order valence-electron chi connectivity index (χ0n) is 13.3. The van der Waals surface area contributed by atoms with E-state index in [1.54, 1.807) is 0 Å². The Balaban J connectivity index is 1.80. The van der Waals surface area contributed by atoms with E-state index in [1.165, 1.54) is 0 Å². The molecule has 4 heteroatoms. The average Bonchev–Trinajstić information content (AvgIpc) is 2.90. The first-order valence-corrected chi connectivity index (χ1v) is 8.79. The average molecular weight is 368 g/mol. The summed E-state index contributed by atoms with van der Waals surface area (Å²) in [6, 6.07) is 22.9. The van der Waals surface area contributed by atoms with Crippen molar-refractivity contribution in [2.24, 2.45) is 0 Å². The zero-order valence-corrected chi connectivity index (χ0v) is 14.8. The monoisotopic (exact) mass is 367 g/mol. The van der Waals surface area contributed by atoms with Gasteiger partial charge >= 0.3 is 0 Å². The van der Waals surface area contributed by atoms with Crippen molar-refractivity contribution in [3.05, 3.63) is 105 Å². The molecule has 0 aromatic heterocycles. The van der Waals surface area contributed by atoms with Gasteiger partial charge in [0, 0.05) is 22.2 Å². The highest BCUT2D eigenvalue weighted by molar-refractivity contribution is 6.31. The molecular weight excluding hydrogens is 353 g/mol. The summed E-state index contributed by atoms with van der Waals surface area (Å²) >= 11 is 12.4. The van der Waals surface area contributed by atoms with Crippen LogP contribution in [-0.2, 0) is 6.54 Å². The Labute approximate surface area is 156 Å². The van der Waals surface area contributed by atoms with Crippen LogP contribution in [0.5, 0.6) is 0 Å². The van der Waals surface area contributed by atoms with Crippen molar-refractivity contribution in [1.82, 2.24) is 4.90 Å². The summed E-state index contributed by atoms with van der Waals surface area (Å²) in [5.41, 5.74) is 3.73. The fourth-order valence-corrected chi connectivity index (χ4v) is 3.67. The van der Waals surface area contributed by atoms with E-state index in [0.29, 0.717) is 16.6 Å². The maximum absolute atomic E-state index is 13.0. The lowest BCUT2D eigenvalue weighted by Crippen LogP contribution is -2.28. The van der Waals surface area contributed by atoms with Crippen molar-refractivity contribution >= 4 is 29.1 Å². The van der Waals surface area contributed by atoms with E-state index in [4.69, 9.17) is 23.2 Å². The molecule has 1 aliphatic heterocycles. The number of carbonyl (C=O) groups is 1. The highest BCUT2D eigenvalue weighted by Gasteiger charge is 2.37. The minimum atomic E-state index is -0.141. The van der Waals surface area contributed by atoms with Crippen LogP contribution >= 0.6 is 23.2 Å². The molecule has 25 heavy (non-hydrogen) atoms. The Morgan fingerprint density at radius 1 is 0.840 bits per heavy atom. The topological polar surface area (TPSA) is 20.3 Å². The molecule has 1 heterocycles. The van der Waals surface area contributed by atoms with E-state index in [-0.39, 0.29) is 11.9 Å². The van der Waals surface area contributed by atoms with Gasteiger partial charge in [0.15, 0.2) is 0 Å². The standard InChI is InChI=1S/C21H15Cl2NO/c22-16-11-9-14(10-12-16)20-17-6-2-3-7-18(17)21(25)24(20)13-15-5-1-4-8-19(15)23/h1-12,20H,13H2. The Morgan fingerprint density at radius 3 is 2.28 bits per heavy atom. The molecule has 124 valence electrons. The van der Waals surface area contributed by atoms with Gasteiger partial charge in [0.25, 0.3) is 5.91 Å². The number of carbonyl (C=O) groups excluding carboxylic acids is 1. The van der Waals surface area contributed by atoms with E-state index in [9.17, 15) is 4.79 Å². The Kier molecular flexibility index (Phi) is 4.24. The van der Waals surface area contributed by atoms with Crippen molar-refractivity contribution in [2.75, 3.05) is 0 Å². The predicted octanol–water partition coefficient (Wildman–Crippen LogP) is 5.74. The highest BCUT2D eigenvalue weighted by Crippen LogP contribution is 2.40. The molecule has 4 rings (SSSR count). The highest BCUT2D eigenvalue weighted by atomic mass is 35.5. The summed E-state index contributed by atoms with van der Waals surface area (Å²) < 4.78 is 0. The summed E-state index contributed by atoms with van der Waals surface area (Å²) in [4.78, 5) is 14.9. The SMILES string of the molecule is O=C1c2ccccc2C(c2ccc(Cl)cc2)N1Cc1ccccc1Cl. The van der Waals surface area contributed by atoms with Crippen molar-refractivity contribution in [3.8, 4) is 0 Å². The lowest BCUT2D eigenvalue weighted by molar-refractivity contribution is 0.0736. The third-order valence-corrected chi connectivity index (χ3v) is 5.16. The summed E-state index contributed by atoms with van der Waals surface area (Å²) in [5.74, 6) is 0.0236. The van der Waals surface area contributed by atoms with Crippen LogP contribution in [0, 0.1) is 0 Å². The van der Waals surface area contributed by atoms with Gasteiger partial charge in [-0.1, -0.05) is 71.7 Å². The Morgan fingerprint density at radius 2 is 1.52 bits per heavy atom. The Bertz CT molecular complexity index is 937. The summed E-state index contributed by atoms with van der Waals surface area (Å²) in [6.45, 7) is 0.459. The fraction of sp³-hybridized carbons (Fsp3) is 0.0952. The van der Waals surface area contributed by atoms with Crippen LogP contribution in [0.4, 0.5) is 0 Å². The molecule has 0 N–H and O–H groups in total. The quantitative estimate of drug-likeness (QED) is 0.577. The number of halogens is 2. The number of amides is 1. The third-order valence-electron chi connectivity index (χ3n) is 4.54. The second kappa shape index (κ2) is 6.55. The number of benzene rings is 3. The van der Waals surface area contributed by atoms with E-state index >= 15 is 0 Å². The molecule has 0 radical (unpaired) electrons. The van der Waals surface area contributed by atoms with Crippen molar-refractivity contribution in [1.29, 1.82) is 0 Å². The second-order valence-electron chi connectivity index (χ2n) is 6.07. The first-order chi connectivity index (χ1) is 12.1. The number of hydrogen-bond acceptors (Lipinski definition) is 1. The van der Waals surface area contributed by atoms with Crippen LogP contribution in [0.25, 0.3) is 0 Å². The van der Waals surface area contributed by atoms with Crippen molar-refractivity contribution in [2.45, 2.75) is 12.6 Å². The normalized spacial score (nSPS) is 16.2. The van der Waals surface area contributed by atoms with Gasteiger partial charge in [-0.15, -0.1) is 0 Å². The molecule has 1 aliphatic rings. The molecule has 2 nitrogen and oxygen atoms in total. The molecule has 0 spiro atoms. The number of nitrogens with zero attached hydrogens (tertiary/aromatic N) is 1. The van der Waals surface area contributed by atoms with Gasteiger partial charge in [0.2, 0.25) is 0 Å². The number of rotatable bonds is 3. The number of fused-ring (bicyclic) bond motifs is 1. The Hall–Kier alpha value is -2.29. The van der Waals surface area contributed by atoms with E-state index in [0.717, 1.165) is 22.3 Å². The molecule has 0 bridgehead atoms. The van der Waals surface area contributed by atoms with Crippen LogP contribution in [0.15, 0.2) is 72.8 Å². The van der Waals surface area contributed by atoms with Gasteiger partial charge in [-0.05, 0) is 41.0 Å². The molecule has 0 saturated heterocycles. The van der Waals surface area contributed by atoms with Crippen molar-refractivity contribution in [3.63, 3.8) is 0 Å². The molecule has 3 aromatic rings. The summed E-state index contributed by atoms with van der Waals surface area (Å²) in [5, 5.41) is 1.35. The maximum Gasteiger partial charge on any atom is 0.255 e. The van der Waals surface area contributed by atoms with Crippen LogP contribution < -0.4 is 0 Å². The molecule has 3 aromatic carbocycles. The molecule has 1 unspecified atom stereocenters. The maximum atomic E-state index is 13.0. The summed E-state index contributed by atoms with van der Waals surface area (Å²) in [6.07, 6.45) is 0. The van der Waals surface area contributed by atoms with Gasteiger partial charge in [-0.3, -0.25) is 4.79 Å². The van der Waals surface area contributed by atoms with Gasteiger partial charge in [0.1, 0.15) is 0 Å². The van der Waals surface area contributed by atoms with Gasteiger partial charge in [-0.25, -0.2) is 0 Å². The number of hydrogen-bond donors (Lipinski definition) is 0. The summed E-state index contributed by atoms with van der Waals surface area (Å²) in [7, 11) is 0. The lowest BCUT2D eigenvalue weighted by Gasteiger charge is -2.26. The fourth-order valence-electron chi connectivity index (χ4n) is 3.35. The van der Waals surface area contributed by atoms with Gasteiger partial charge in [-0.2, -0.15) is 0 Å². The van der Waals surface area contributed by atoms with Crippen LogP contribution in [0.3, 0.4) is 0 Å². The van der Waals surface area contributed by atoms with Crippen LogP contribution in [0.2, 0.25) is 10.0 Å². The van der Waals surface area contributed by atoms with E-state index in [1.807, 2.05) is 77.7 Å². The molecule has 0 fully saturated rings. The van der Waals surface area contributed by atoms with Crippen LogP contribution in [0.1, 0.15) is 33.1 Å². The second-order valence-corrected chi connectivity index (χ2v) is 6.91. The van der Waals surface area contributed by atoms with Crippen LogP contribution in [-0.4, -0.2) is 10.8 Å². The molecule has 0 saturated carbocycles. The smallest absolute Gasteiger partial charge is 0.255 e. The van der Waals surface area contributed by atoms with Gasteiger partial charge < -0.3 is 4.90 Å². The molecule has 1 atom stereocenters. The zero-order chi connectivity index (χ0) is 17.4. The molecule has 1 amide bonds. The van der Waals surface area contributed by atoms with E-state index < -0.39 is 0 Å². The first-order valence-electron chi connectivity index (χ1n) is 8.04. The third kappa shape index (κ3) is 2.92. The predicted molar refractivity (Wildman–Crippen MR) is 101 cm³/mol. The van der Waals surface area contributed by atoms with E-state index in [2.05, 4.69) is 0 Å². The minimum Gasteiger partial charge on any atom is -0.323 e. The van der Waals surface area contributed by atoms with Crippen molar-refractivity contribution < 1.29 is 4.79 Å². The molecule has 0 aliphatic carbocycles.